The van der Waals surface area contributed by atoms with E-state index in [4.69, 9.17) is 0 Å². The van der Waals surface area contributed by atoms with Gasteiger partial charge in [0, 0.05) is 37.3 Å². The largest absolute Gasteiger partial charge is 0.336 e. The third-order valence-electron chi connectivity index (χ3n) is 5.51. The molecule has 2 fully saturated rings. The van der Waals surface area contributed by atoms with Crippen molar-refractivity contribution in [1.82, 2.24) is 19.2 Å². The molecule has 122 valence electrons. The first-order valence-corrected chi connectivity index (χ1v) is 8.46. The standard InChI is InChI=1S/C18H24N4O/c1-13(2)20-9-7-18(10-20)11-21(12-18)17(23)16-14(3)22-8-5-4-6-15(22)19-16/h4-6,8,13H,7,9-12H2,1-3H3. The molecule has 2 aromatic heterocycles. The van der Waals surface area contributed by atoms with E-state index in [2.05, 4.69) is 23.7 Å². The van der Waals surface area contributed by atoms with Crippen molar-refractivity contribution in [3.05, 3.63) is 35.8 Å². The Balaban J connectivity index is 1.50. The number of amides is 1. The third-order valence-corrected chi connectivity index (χ3v) is 5.51. The van der Waals surface area contributed by atoms with Crippen LogP contribution < -0.4 is 0 Å². The molecule has 2 aromatic rings. The van der Waals surface area contributed by atoms with Crippen molar-refractivity contribution in [1.29, 1.82) is 0 Å². The van der Waals surface area contributed by atoms with Crippen LogP contribution in [0.1, 0.15) is 36.5 Å². The fourth-order valence-electron chi connectivity index (χ4n) is 4.05. The summed E-state index contributed by atoms with van der Waals surface area (Å²) in [4.78, 5) is 21.8. The molecule has 5 nitrogen and oxygen atoms in total. The lowest BCUT2D eigenvalue weighted by Crippen LogP contribution is -2.59. The highest BCUT2D eigenvalue weighted by molar-refractivity contribution is 5.95. The van der Waals surface area contributed by atoms with E-state index in [1.807, 2.05) is 40.6 Å². The molecule has 0 atom stereocenters. The first-order chi connectivity index (χ1) is 11.0. The van der Waals surface area contributed by atoms with E-state index in [-0.39, 0.29) is 5.91 Å². The molecular weight excluding hydrogens is 288 g/mol. The number of hydrogen-bond donors (Lipinski definition) is 0. The quantitative estimate of drug-likeness (QED) is 0.853. The molecule has 4 heterocycles. The highest BCUT2D eigenvalue weighted by atomic mass is 16.2. The summed E-state index contributed by atoms with van der Waals surface area (Å²) in [6, 6.07) is 6.46. The molecule has 5 heteroatoms. The SMILES string of the molecule is Cc1c(C(=O)N2CC3(CCN(C(C)C)C3)C2)nc2ccccn12. The zero-order valence-corrected chi connectivity index (χ0v) is 14.1. The van der Waals surface area contributed by atoms with Gasteiger partial charge in [-0.1, -0.05) is 6.07 Å². The van der Waals surface area contributed by atoms with Crippen LogP contribution >= 0.6 is 0 Å². The summed E-state index contributed by atoms with van der Waals surface area (Å²) in [5, 5.41) is 0. The molecule has 2 saturated heterocycles. The van der Waals surface area contributed by atoms with Gasteiger partial charge in [0.05, 0.1) is 5.69 Å². The average molecular weight is 312 g/mol. The Kier molecular flexibility index (Phi) is 3.23. The van der Waals surface area contributed by atoms with Crippen molar-refractivity contribution in [3.8, 4) is 0 Å². The van der Waals surface area contributed by atoms with Crippen molar-refractivity contribution in [2.45, 2.75) is 33.2 Å². The lowest BCUT2D eigenvalue weighted by molar-refractivity contribution is 0.00887. The maximum absolute atomic E-state index is 12.8. The minimum absolute atomic E-state index is 0.0832. The number of carbonyl (C=O) groups is 1. The topological polar surface area (TPSA) is 40.9 Å². The van der Waals surface area contributed by atoms with Gasteiger partial charge in [0.15, 0.2) is 0 Å². The van der Waals surface area contributed by atoms with Crippen LogP contribution in [0.2, 0.25) is 0 Å². The molecular formula is C18H24N4O. The number of aryl methyl sites for hydroxylation is 1. The molecule has 0 unspecified atom stereocenters. The number of pyridine rings is 1. The summed E-state index contributed by atoms with van der Waals surface area (Å²) in [6.07, 6.45) is 3.17. The molecule has 23 heavy (non-hydrogen) atoms. The zero-order valence-electron chi connectivity index (χ0n) is 14.1. The number of imidazole rings is 1. The second kappa shape index (κ2) is 5.06. The first-order valence-electron chi connectivity index (χ1n) is 8.46. The van der Waals surface area contributed by atoms with Gasteiger partial charge in [0.2, 0.25) is 0 Å². The molecule has 0 saturated carbocycles. The van der Waals surface area contributed by atoms with Crippen molar-refractivity contribution in [2.75, 3.05) is 26.2 Å². The lowest BCUT2D eigenvalue weighted by atomic mass is 9.79. The van der Waals surface area contributed by atoms with Gasteiger partial charge in [0.25, 0.3) is 5.91 Å². The van der Waals surface area contributed by atoms with Crippen LogP contribution in [-0.2, 0) is 0 Å². The van der Waals surface area contributed by atoms with Gasteiger partial charge in [-0.05, 0) is 45.9 Å². The van der Waals surface area contributed by atoms with Gasteiger partial charge in [-0.2, -0.15) is 0 Å². The number of hydrogen-bond acceptors (Lipinski definition) is 3. The van der Waals surface area contributed by atoms with E-state index >= 15 is 0 Å². The Morgan fingerprint density at radius 2 is 2.04 bits per heavy atom. The lowest BCUT2D eigenvalue weighted by Gasteiger charge is -2.48. The van der Waals surface area contributed by atoms with Crippen LogP contribution in [0.3, 0.4) is 0 Å². The molecule has 2 aliphatic heterocycles. The maximum atomic E-state index is 12.8. The van der Waals surface area contributed by atoms with Crippen LogP contribution in [0.5, 0.6) is 0 Å². The van der Waals surface area contributed by atoms with E-state index < -0.39 is 0 Å². The Hall–Kier alpha value is -1.88. The normalized spacial score (nSPS) is 20.6. The van der Waals surface area contributed by atoms with E-state index in [9.17, 15) is 4.79 Å². The summed E-state index contributed by atoms with van der Waals surface area (Å²) >= 11 is 0. The fourth-order valence-corrected chi connectivity index (χ4v) is 4.05. The van der Waals surface area contributed by atoms with E-state index in [0.29, 0.717) is 17.2 Å². The average Bonchev–Trinajstić information content (AvgIpc) is 3.08. The molecule has 0 N–H and O–H groups in total. The highest BCUT2D eigenvalue weighted by Gasteiger charge is 2.50. The summed E-state index contributed by atoms with van der Waals surface area (Å²) < 4.78 is 1.98. The monoisotopic (exact) mass is 312 g/mol. The summed E-state index contributed by atoms with van der Waals surface area (Å²) in [5.74, 6) is 0.0832. The Labute approximate surface area is 136 Å². The number of carbonyl (C=O) groups excluding carboxylic acids is 1. The molecule has 1 spiro atoms. The maximum Gasteiger partial charge on any atom is 0.274 e. The fraction of sp³-hybridized carbons (Fsp3) is 0.556. The van der Waals surface area contributed by atoms with Crippen molar-refractivity contribution in [3.63, 3.8) is 0 Å². The van der Waals surface area contributed by atoms with Crippen molar-refractivity contribution < 1.29 is 4.79 Å². The molecule has 4 rings (SSSR count). The Bertz CT molecular complexity index is 757. The molecule has 0 bridgehead atoms. The molecule has 0 aliphatic carbocycles. The first kappa shape index (κ1) is 14.7. The molecule has 2 aliphatic rings. The summed E-state index contributed by atoms with van der Waals surface area (Å²) in [5.41, 5.74) is 2.70. The van der Waals surface area contributed by atoms with Gasteiger partial charge in [0.1, 0.15) is 11.3 Å². The minimum atomic E-state index is 0.0832. The number of nitrogens with zero attached hydrogens (tertiary/aromatic N) is 4. The molecule has 1 amide bonds. The highest BCUT2D eigenvalue weighted by Crippen LogP contribution is 2.40. The molecule has 0 aromatic carbocycles. The molecule has 0 radical (unpaired) electrons. The van der Waals surface area contributed by atoms with Crippen molar-refractivity contribution >= 4 is 11.6 Å². The second-order valence-corrected chi connectivity index (χ2v) is 7.45. The minimum Gasteiger partial charge on any atom is -0.336 e. The Morgan fingerprint density at radius 3 is 2.70 bits per heavy atom. The van der Waals surface area contributed by atoms with Gasteiger partial charge >= 0.3 is 0 Å². The van der Waals surface area contributed by atoms with E-state index in [1.54, 1.807) is 0 Å². The van der Waals surface area contributed by atoms with Gasteiger partial charge in [-0.3, -0.25) is 4.79 Å². The number of aromatic nitrogens is 2. The number of fused-ring (bicyclic) bond motifs is 1. The van der Waals surface area contributed by atoms with Gasteiger partial charge in [-0.25, -0.2) is 4.98 Å². The summed E-state index contributed by atoms with van der Waals surface area (Å²) in [7, 11) is 0. The number of rotatable bonds is 2. The van der Waals surface area contributed by atoms with Crippen molar-refractivity contribution in [2.24, 2.45) is 5.41 Å². The smallest absolute Gasteiger partial charge is 0.274 e. The van der Waals surface area contributed by atoms with E-state index in [1.165, 1.54) is 6.42 Å². The van der Waals surface area contributed by atoms with Gasteiger partial charge in [-0.15, -0.1) is 0 Å². The van der Waals surface area contributed by atoms with Crippen LogP contribution in [0.4, 0.5) is 0 Å². The van der Waals surface area contributed by atoms with E-state index in [0.717, 1.165) is 37.5 Å². The van der Waals surface area contributed by atoms with Crippen LogP contribution in [0, 0.1) is 12.3 Å². The third kappa shape index (κ3) is 2.26. The Morgan fingerprint density at radius 1 is 1.26 bits per heavy atom. The number of likely N-dealkylation sites (tertiary alicyclic amines) is 2. The predicted molar refractivity (Wildman–Crippen MR) is 89.6 cm³/mol. The summed E-state index contributed by atoms with van der Waals surface area (Å²) in [6.45, 7) is 10.5. The van der Waals surface area contributed by atoms with Crippen LogP contribution in [0.15, 0.2) is 24.4 Å². The zero-order chi connectivity index (χ0) is 16.2. The van der Waals surface area contributed by atoms with Crippen LogP contribution in [-0.4, -0.2) is 57.3 Å². The van der Waals surface area contributed by atoms with Gasteiger partial charge < -0.3 is 14.2 Å². The van der Waals surface area contributed by atoms with Crippen LogP contribution in [0.25, 0.3) is 5.65 Å². The predicted octanol–water partition coefficient (Wildman–Crippen LogP) is 2.20. The second-order valence-electron chi connectivity index (χ2n) is 7.45.